The molecule has 1 aromatic carbocycles. The summed E-state index contributed by atoms with van der Waals surface area (Å²) in [6.45, 7) is 0. The summed E-state index contributed by atoms with van der Waals surface area (Å²) in [6, 6.07) is 4.91. The van der Waals surface area contributed by atoms with Gasteiger partial charge in [-0.15, -0.1) is 0 Å². The maximum atomic E-state index is 13.8. The average Bonchev–Trinajstić information content (AvgIpc) is 2.56. The van der Waals surface area contributed by atoms with Crippen molar-refractivity contribution in [2.24, 2.45) is 5.92 Å². The average molecular weight is 301 g/mol. The third-order valence-electron chi connectivity index (χ3n) is 3.63. The zero-order valence-electron chi connectivity index (χ0n) is 9.83. The van der Waals surface area contributed by atoms with Crippen LogP contribution in [0.2, 0.25) is 0 Å². The Morgan fingerprint density at radius 1 is 1.18 bits per heavy atom. The van der Waals surface area contributed by atoms with Crippen LogP contribution in [0.3, 0.4) is 0 Å². The smallest absolute Gasteiger partial charge is 0.130 e. The van der Waals surface area contributed by atoms with Crippen LogP contribution in [0.15, 0.2) is 22.7 Å². The summed E-state index contributed by atoms with van der Waals surface area (Å²) in [5.74, 6) is -0.0932. The van der Waals surface area contributed by atoms with Gasteiger partial charge in [-0.1, -0.05) is 47.7 Å². The number of benzene rings is 1. The van der Waals surface area contributed by atoms with Crippen molar-refractivity contribution >= 4 is 15.9 Å². The highest BCUT2D eigenvalue weighted by Gasteiger charge is 2.24. The van der Waals surface area contributed by atoms with Crippen molar-refractivity contribution in [2.75, 3.05) is 0 Å². The lowest BCUT2D eigenvalue weighted by Crippen LogP contribution is -2.13. The highest BCUT2D eigenvalue weighted by molar-refractivity contribution is 9.10. The molecule has 1 unspecified atom stereocenters. The van der Waals surface area contributed by atoms with Gasteiger partial charge in [-0.05, 0) is 30.9 Å². The summed E-state index contributed by atoms with van der Waals surface area (Å²) in [4.78, 5) is 0. The molecule has 1 aromatic rings. The molecule has 94 valence electrons. The van der Waals surface area contributed by atoms with Gasteiger partial charge < -0.3 is 5.11 Å². The fraction of sp³-hybridized carbons (Fsp3) is 0.571. The number of halogens is 2. The Bertz CT molecular complexity index is 372. The summed E-state index contributed by atoms with van der Waals surface area (Å²) in [7, 11) is 0. The summed E-state index contributed by atoms with van der Waals surface area (Å²) >= 11 is 3.23. The minimum Gasteiger partial charge on any atom is -0.388 e. The lowest BCUT2D eigenvalue weighted by atomic mass is 9.89. The molecule has 2 rings (SSSR count). The van der Waals surface area contributed by atoms with E-state index in [9.17, 15) is 9.50 Å². The van der Waals surface area contributed by atoms with Gasteiger partial charge in [0.25, 0.3) is 0 Å². The van der Waals surface area contributed by atoms with Crippen LogP contribution in [0.4, 0.5) is 4.39 Å². The first-order valence-corrected chi connectivity index (χ1v) is 7.11. The van der Waals surface area contributed by atoms with Crippen molar-refractivity contribution in [3.8, 4) is 0 Å². The molecule has 1 atom stereocenters. The second-order valence-corrected chi connectivity index (χ2v) is 5.78. The van der Waals surface area contributed by atoms with E-state index < -0.39 is 6.10 Å². The highest BCUT2D eigenvalue weighted by Crippen LogP contribution is 2.34. The van der Waals surface area contributed by atoms with Crippen LogP contribution in [-0.2, 0) is 0 Å². The molecular formula is C14H18BrFO. The monoisotopic (exact) mass is 300 g/mol. The van der Waals surface area contributed by atoms with E-state index in [1.807, 2.05) is 0 Å². The van der Waals surface area contributed by atoms with E-state index in [4.69, 9.17) is 0 Å². The zero-order chi connectivity index (χ0) is 12.3. The Morgan fingerprint density at radius 3 is 2.41 bits per heavy atom. The Balaban J connectivity index is 2.14. The van der Waals surface area contributed by atoms with E-state index in [0.29, 0.717) is 10.0 Å². The quantitative estimate of drug-likeness (QED) is 0.792. The molecule has 17 heavy (non-hydrogen) atoms. The van der Waals surface area contributed by atoms with Crippen LogP contribution in [-0.4, -0.2) is 5.11 Å². The first-order chi connectivity index (χ1) is 8.18. The van der Waals surface area contributed by atoms with E-state index in [1.54, 1.807) is 12.1 Å². The van der Waals surface area contributed by atoms with Crippen molar-refractivity contribution in [1.29, 1.82) is 0 Å². The molecular weight excluding hydrogens is 283 g/mol. The molecule has 1 nitrogen and oxygen atoms in total. The molecule has 1 aliphatic rings. The molecule has 0 amide bonds. The van der Waals surface area contributed by atoms with Gasteiger partial charge in [0.2, 0.25) is 0 Å². The second kappa shape index (κ2) is 5.96. The van der Waals surface area contributed by atoms with Crippen LogP contribution in [0, 0.1) is 11.7 Å². The molecule has 0 radical (unpaired) electrons. The molecule has 0 bridgehead atoms. The molecule has 0 aliphatic heterocycles. The molecule has 1 aliphatic carbocycles. The Kier molecular flexibility index (Phi) is 4.57. The van der Waals surface area contributed by atoms with E-state index in [2.05, 4.69) is 15.9 Å². The van der Waals surface area contributed by atoms with E-state index in [1.165, 1.54) is 18.9 Å². The standard InChI is InChI=1S/C14H18BrFO/c15-11-7-8-12(13(16)9-11)14(17)10-5-3-1-2-4-6-10/h7-10,14,17H,1-6H2. The largest absolute Gasteiger partial charge is 0.388 e. The molecule has 1 N–H and O–H groups in total. The SMILES string of the molecule is OC(c1ccc(Br)cc1F)C1CCCCCC1. The van der Waals surface area contributed by atoms with Gasteiger partial charge in [-0.2, -0.15) is 0 Å². The fourth-order valence-electron chi connectivity index (χ4n) is 2.62. The van der Waals surface area contributed by atoms with Crippen molar-refractivity contribution < 1.29 is 9.50 Å². The first-order valence-electron chi connectivity index (χ1n) is 6.31. The Hall–Kier alpha value is -0.410. The van der Waals surface area contributed by atoms with Crippen LogP contribution < -0.4 is 0 Å². The summed E-state index contributed by atoms with van der Waals surface area (Å²) in [6.07, 6.45) is 6.16. The normalized spacial score (nSPS) is 19.9. The van der Waals surface area contributed by atoms with Crippen LogP contribution in [0.25, 0.3) is 0 Å². The van der Waals surface area contributed by atoms with Crippen molar-refractivity contribution in [3.63, 3.8) is 0 Å². The van der Waals surface area contributed by atoms with Crippen LogP contribution in [0.5, 0.6) is 0 Å². The molecule has 1 fully saturated rings. The van der Waals surface area contributed by atoms with E-state index in [-0.39, 0.29) is 11.7 Å². The summed E-state index contributed by atoms with van der Waals surface area (Å²) < 4.78 is 14.5. The van der Waals surface area contributed by atoms with Gasteiger partial charge >= 0.3 is 0 Å². The van der Waals surface area contributed by atoms with Gasteiger partial charge in [0.1, 0.15) is 5.82 Å². The predicted octanol–water partition coefficient (Wildman–Crippen LogP) is 4.59. The maximum Gasteiger partial charge on any atom is 0.130 e. The number of hydrogen-bond donors (Lipinski definition) is 1. The van der Waals surface area contributed by atoms with Crippen molar-refractivity contribution in [3.05, 3.63) is 34.1 Å². The van der Waals surface area contributed by atoms with Gasteiger partial charge in [0.15, 0.2) is 0 Å². The van der Waals surface area contributed by atoms with E-state index in [0.717, 1.165) is 25.7 Å². The van der Waals surface area contributed by atoms with Crippen molar-refractivity contribution in [1.82, 2.24) is 0 Å². The third kappa shape index (κ3) is 3.29. The van der Waals surface area contributed by atoms with Crippen LogP contribution in [0.1, 0.15) is 50.2 Å². The molecule has 0 aromatic heterocycles. The summed E-state index contributed by atoms with van der Waals surface area (Å²) in [5, 5.41) is 10.3. The van der Waals surface area contributed by atoms with Crippen molar-refractivity contribution in [2.45, 2.75) is 44.6 Å². The second-order valence-electron chi connectivity index (χ2n) is 4.86. The van der Waals surface area contributed by atoms with E-state index >= 15 is 0 Å². The Morgan fingerprint density at radius 2 is 1.82 bits per heavy atom. The maximum absolute atomic E-state index is 13.8. The third-order valence-corrected chi connectivity index (χ3v) is 4.12. The predicted molar refractivity (Wildman–Crippen MR) is 70.3 cm³/mol. The highest BCUT2D eigenvalue weighted by atomic mass is 79.9. The number of aliphatic hydroxyl groups excluding tert-OH is 1. The van der Waals surface area contributed by atoms with Gasteiger partial charge in [0, 0.05) is 10.0 Å². The zero-order valence-corrected chi connectivity index (χ0v) is 11.4. The molecule has 0 heterocycles. The summed E-state index contributed by atoms with van der Waals surface area (Å²) in [5.41, 5.74) is 0.445. The molecule has 0 spiro atoms. The lowest BCUT2D eigenvalue weighted by molar-refractivity contribution is 0.0952. The number of hydrogen-bond acceptors (Lipinski definition) is 1. The van der Waals surface area contributed by atoms with Crippen LogP contribution >= 0.6 is 15.9 Å². The van der Waals surface area contributed by atoms with Gasteiger partial charge in [-0.3, -0.25) is 0 Å². The lowest BCUT2D eigenvalue weighted by Gasteiger charge is -2.22. The molecule has 1 saturated carbocycles. The van der Waals surface area contributed by atoms with Gasteiger partial charge in [-0.25, -0.2) is 4.39 Å². The Labute approximate surface area is 110 Å². The number of rotatable bonds is 2. The number of aliphatic hydroxyl groups is 1. The molecule has 0 saturated heterocycles. The first kappa shape index (κ1) is 13.0. The minimum atomic E-state index is -0.652. The fourth-order valence-corrected chi connectivity index (χ4v) is 2.96. The topological polar surface area (TPSA) is 20.2 Å². The molecule has 3 heteroatoms. The minimum absolute atomic E-state index is 0.216. The van der Waals surface area contributed by atoms with Gasteiger partial charge in [0.05, 0.1) is 6.10 Å².